The molecule has 0 spiro atoms. The van der Waals surface area contributed by atoms with Crippen molar-refractivity contribution in [1.82, 2.24) is 0 Å². The molecular formula is C14H12OS3. The molecule has 92 valence electrons. The summed E-state index contributed by atoms with van der Waals surface area (Å²) in [6.45, 7) is 0.732. The lowest BCUT2D eigenvalue weighted by Gasteiger charge is -2.10. The smallest absolute Gasteiger partial charge is 0.119 e. The second-order valence-electron chi connectivity index (χ2n) is 4.12. The fourth-order valence-electron chi connectivity index (χ4n) is 1.89. The fraction of sp³-hybridized carbons (Fsp3) is 0.214. The van der Waals surface area contributed by atoms with Gasteiger partial charge in [0.1, 0.15) is 15.9 Å². The molecule has 4 heteroatoms. The average Bonchev–Trinajstić information content (AvgIpc) is 2.82. The van der Waals surface area contributed by atoms with Gasteiger partial charge in [-0.15, -0.1) is 11.8 Å². The monoisotopic (exact) mass is 292 g/mol. The van der Waals surface area contributed by atoms with Gasteiger partial charge in [-0.05, 0) is 22.9 Å². The highest BCUT2D eigenvalue weighted by Gasteiger charge is 2.21. The zero-order chi connectivity index (χ0) is 12.4. The summed E-state index contributed by atoms with van der Waals surface area (Å²) < 4.78 is 6.90. The number of ether oxygens (including phenoxy) is 1. The van der Waals surface area contributed by atoms with Gasteiger partial charge in [-0.25, -0.2) is 0 Å². The van der Waals surface area contributed by atoms with Gasteiger partial charge in [0.15, 0.2) is 0 Å². The lowest BCUT2D eigenvalue weighted by molar-refractivity contribution is 0.324. The van der Waals surface area contributed by atoms with Crippen LogP contribution in [0.3, 0.4) is 0 Å². The molecule has 0 amide bonds. The molecule has 0 bridgehead atoms. The van der Waals surface area contributed by atoms with E-state index in [9.17, 15) is 0 Å². The first-order chi connectivity index (χ1) is 8.81. The van der Waals surface area contributed by atoms with E-state index in [1.807, 2.05) is 12.1 Å². The number of hydrogen-bond acceptors (Lipinski definition) is 4. The van der Waals surface area contributed by atoms with Crippen molar-refractivity contribution >= 4 is 50.0 Å². The van der Waals surface area contributed by atoms with Crippen LogP contribution < -0.4 is 4.74 Å². The number of thiocarbonyl (C=S) groups is 1. The van der Waals surface area contributed by atoms with Gasteiger partial charge in [0.05, 0.1) is 5.25 Å². The van der Waals surface area contributed by atoms with Crippen LogP contribution in [0.25, 0.3) is 10.8 Å². The summed E-state index contributed by atoms with van der Waals surface area (Å²) in [7, 11) is 0. The predicted molar refractivity (Wildman–Crippen MR) is 85.9 cm³/mol. The maximum atomic E-state index is 5.85. The highest BCUT2D eigenvalue weighted by atomic mass is 32.2. The molecule has 1 atom stereocenters. The molecule has 0 radical (unpaired) electrons. The minimum absolute atomic E-state index is 0.494. The Morgan fingerprint density at radius 2 is 2.00 bits per heavy atom. The lowest BCUT2D eigenvalue weighted by atomic mass is 10.1. The molecule has 1 aliphatic rings. The summed E-state index contributed by atoms with van der Waals surface area (Å²) in [5.74, 6) is 2.01. The molecule has 1 saturated heterocycles. The van der Waals surface area contributed by atoms with Crippen LogP contribution in [0.5, 0.6) is 5.75 Å². The maximum absolute atomic E-state index is 5.85. The van der Waals surface area contributed by atoms with Gasteiger partial charge in [0.2, 0.25) is 0 Å². The third kappa shape index (κ3) is 2.82. The van der Waals surface area contributed by atoms with Gasteiger partial charge in [-0.3, -0.25) is 0 Å². The quantitative estimate of drug-likeness (QED) is 0.777. The van der Waals surface area contributed by atoms with Crippen LogP contribution in [0.2, 0.25) is 0 Å². The van der Waals surface area contributed by atoms with Crippen molar-refractivity contribution in [3.63, 3.8) is 0 Å². The van der Waals surface area contributed by atoms with Crippen LogP contribution in [-0.2, 0) is 0 Å². The Hall–Kier alpha value is -0.710. The van der Waals surface area contributed by atoms with Crippen LogP contribution >= 0.6 is 35.7 Å². The van der Waals surface area contributed by atoms with E-state index >= 15 is 0 Å². The van der Waals surface area contributed by atoms with Gasteiger partial charge >= 0.3 is 0 Å². The van der Waals surface area contributed by atoms with E-state index in [2.05, 4.69) is 30.3 Å². The molecule has 3 rings (SSSR count). The SMILES string of the molecule is S=C1SCC(COc2ccc3ccccc3c2)S1. The van der Waals surface area contributed by atoms with Crippen molar-refractivity contribution in [1.29, 1.82) is 0 Å². The Morgan fingerprint density at radius 1 is 1.17 bits per heavy atom. The minimum atomic E-state index is 0.494. The third-order valence-electron chi connectivity index (χ3n) is 2.81. The summed E-state index contributed by atoms with van der Waals surface area (Å²) in [5, 5.41) is 2.96. The lowest BCUT2D eigenvalue weighted by Crippen LogP contribution is -2.13. The molecule has 18 heavy (non-hydrogen) atoms. The molecule has 2 aromatic rings. The standard InChI is InChI=1S/C14H12OS3/c16-14-17-9-13(18-14)8-15-12-6-5-10-3-1-2-4-11(10)7-12/h1-7,13H,8-9H2. The molecule has 0 aromatic heterocycles. The molecular weight excluding hydrogens is 280 g/mol. The Kier molecular flexibility index (Phi) is 3.77. The normalized spacial score (nSPS) is 19.3. The Balaban J connectivity index is 1.69. The summed E-state index contributed by atoms with van der Waals surface area (Å²) in [4.78, 5) is 0. The summed E-state index contributed by atoms with van der Waals surface area (Å²) in [6, 6.07) is 14.6. The second-order valence-corrected chi connectivity index (χ2v) is 7.65. The Labute approximate surface area is 120 Å². The van der Waals surface area contributed by atoms with Crippen LogP contribution in [0.15, 0.2) is 42.5 Å². The van der Waals surface area contributed by atoms with Gasteiger partial charge in [0.25, 0.3) is 0 Å². The van der Waals surface area contributed by atoms with Crippen molar-refractivity contribution in [3.05, 3.63) is 42.5 Å². The van der Waals surface area contributed by atoms with Crippen LogP contribution in [-0.4, -0.2) is 21.1 Å². The first kappa shape index (κ1) is 12.3. The van der Waals surface area contributed by atoms with Crippen LogP contribution in [0, 0.1) is 0 Å². The van der Waals surface area contributed by atoms with E-state index in [4.69, 9.17) is 17.0 Å². The topological polar surface area (TPSA) is 9.23 Å². The predicted octanol–water partition coefficient (Wildman–Crippen LogP) is 4.35. The highest BCUT2D eigenvalue weighted by molar-refractivity contribution is 8.49. The number of hydrogen-bond donors (Lipinski definition) is 0. The molecule has 0 saturated carbocycles. The van der Waals surface area contributed by atoms with Gasteiger partial charge in [-0.2, -0.15) is 0 Å². The molecule has 1 fully saturated rings. The van der Waals surface area contributed by atoms with E-state index in [-0.39, 0.29) is 0 Å². The van der Waals surface area contributed by atoms with Gasteiger partial charge < -0.3 is 4.74 Å². The number of thioether (sulfide) groups is 2. The summed E-state index contributed by atoms with van der Waals surface area (Å²) in [5.41, 5.74) is 0. The molecule has 1 unspecified atom stereocenters. The number of benzene rings is 2. The first-order valence-corrected chi connectivity index (χ1v) is 8.03. The van der Waals surface area contributed by atoms with E-state index < -0.39 is 0 Å². The Bertz CT molecular complexity index is 582. The van der Waals surface area contributed by atoms with Crippen molar-refractivity contribution < 1.29 is 4.74 Å². The van der Waals surface area contributed by atoms with E-state index in [1.54, 1.807) is 23.5 Å². The fourth-order valence-corrected chi connectivity index (χ4v) is 4.69. The van der Waals surface area contributed by atoms with E-state index in [0.29, 0.717) is 5.25 Å². The zero-order valence-corrected chi connectivity index (χ0v) is 12.1. The summed E-state index contributed by atoms with van der Waals surface area (Å²) >= 11 is 8.68. The Morgan fingerprint density at radius 3 is 2.78 bits per heavy atom. The second kappa shape index (κ2) is 5.51. The highest BCUT2D eigenvalue weighted by Crippen LogP contribution is 2.33. The zero-order valence-electron chi connectivity index (χ0n) is 9.67. The molecule has 1 heterocycles. The van der Waals surface area contributed by atoms with Crippen LogP contribution in [0.1, 0.15) is 0 Å². The van der Waals surface area contributed by atoms with Crippen molar-refractivity contribution in [2.75, 3.05) is 12.4 Å². The van der Waals surface area contributed by atoms with Crippen molar-refractivity contribution in [2.24, 2.45) is 0 Å². The van der Waals surface area contributed by atoms with Crippen LogP contribution in [0.4, 0.5) is 0 Å². The molecule has 0 N–H and O–H groups in total. The van der Waals surface area contributed by atoms with E-state index in [1.165, 1.54) is 10.8 Å². The maximum Gasteiger partial charge on any atom is 0.119 e. The average molecular weight is 292 g/mol. The van der Waals surface area contributed by atoms with Gasteiger partial charge in [-0.1, -0.05) is 54.3 Å². The largest absolute Gasteiger partial charge is 0.492 e. The molecule has 2 aromatic carbocycles. The number of rotatable bonds is 3. The summed E-state index contributed by atoms with van der Waals surface area (Å²) in [6.07, 6.45) is 0. The molecule has 1 aliphatic heterocycles. The van der Waals surface area contributed by atoms with E-state index in [0.717, 1.165) is 21.6 Å². The molecule has 1 nitrogen and oxygen atoms in total. The van der Waals surface area contributed by atoms with Gasteiger partial charge in [0, 0.05) is 5.75 Å². The third-order valence-corrected chi connectivity index (χ3v) is 5.94. The minimum Gasteiger partial charge on any atom is -0.492 e. The first-order valence-electron chi connectivity index (χ1n) is 5.76. The number of fused-ring (bicyclic) bond motifs is 1. The van der Waals surface area contributed by atoms with Crippen molar-refractivity contribution in [3.8, 4) is 5.75 Å². The van der Waals surface area contributed by atoms with Crippen molar-refractivity contribution in [2.45, 2.75) is 5.25 Å². The molecule has 0 aliphatic carbocycles.